The van der Waals surface area contributed by atoms with Gasteiger partial charge in [0.05, 0.1) is 10.0 Å². The largest absolute Gasteiger partial charge is 0.395 e. The fraction of sp³-hybridized carbons (Fsp3) is 1.00. The highest BCUT2D eigenvalue weighted by molar-refractivity contribution is 14.1. The summed E-state index contributed by atoms with van der Waals surface area (Å²) in [6.07, 6.45) is 3.45. The predicted octanol–water partition coefficient (Wildman–Crippen LogP) is 2.27. The van der Waals surface area contributed by atoms with Crippen molar-refractivity contribution in [1.82, 2.24) is 0 Å². The molecule has 0 saturated carbocycles. The van der Waals surface area contributed by atoms with Gasteiger partial charge >= 0.3 is 0 Å². The lowest BCUT2D eigenvalue weighted by Crippen LogP contribution is -2.27. The molecule has 0 aliphatic carbocycles. The number of hydrogen-bond donors (Lipinski definition) is 2. The highest BCUT2D eigenvalue weighted by atomic mass is 127. The van der Waals surface area contributed by atoms with E-state index < -0.39 is 0 Å². The van der Waals surface area contributed by atoms with Crippen LogP contribution in [-0.2, 0) is 0 Å². The molecule has 0 saturated heterocycles. The summed E-state index contributed by atoms with van der Waals surface area (Å²) < 4.78 is 0.0247. The number of thiol groups is 1. The van der Waals surface area contributed by atoms with Crippen molar-refractivity contribution in [3.63, 3.8) is 0 Å². The Labute approximate surface area is 82.1 Å². The number of halogens is 1. The molecule has 10 heavy (non-hydrogen) atoms. The van der Waals surface area contributed by atoms with E-state index in [0.29, 0.717) is 0 Å². The standard InChI is InChI=1S/C7H15IOS/c1-2-3-4-7(8,5-9)6-10/h9-10H,2-6H2,1H3/t7-/m0/s1. The molecule has 0 aliphatic heterocycles. The maximum absolute atomic E-state index is 8.96. The average molecular weight is 274 g/mol. The molecule has 0 aliphatic rings. The predicted molar refractivity (Wildman–Crippen MR) is 57.2 cm³/mol. The van der Waals surface area contributed by atoms with Crippen LogP contribution in [0.1, 0.15) is 26.2 Å². The molecule has 0 heterocycles. The van der Waals surface area contributed by atoms with E-state index in [1.165, 1.54) is 12.8 Å². The summed E-state index contributed by atoms with van der Waals surface area (Å²) in [5.74, 6) is 0.768. The second-order valence-electron chi connectivity index (χ2n) is 2.57. The van der Waals surface area contributed by atoms with E-state index in [9.17, 15) is 0 Å². The van der Waals surface area contributed by atoms with Crippen molar-refractivity contribution >= 4 is 35.2 Å². The fourth-order valence-corrected chi connectivity index (χ4v) is 1.34. The van der Waals surface area contributed by atoms with E-state index >= 15 is 0 Å². The second-order valence-corrected chi connectivity index (χ2v) is 5.18. The SMILES string of the molecule is CCCC[C@](I)(CO)CS. The van der Waals surface area contributed by atoms with Gasteiger partial charge in [-0.25, -0.2) is 0 Å². The molecule has 0 radical (unpaired) electrons. The van der Waals surface area contributed by atoms with Crippen LogP contribution in [0.5, 0.6) is 0 Å². The third-order valence-electron chi connectivity index (χ3n) is 1.55. The first-order valence-electron chi connectivity index (χ1n) is 3.59. The summed E-state index contributed by atoms with van der Waals surface area (Å²) in [4.78, 5) is 0. The lowest BCUT2D eigenvalue weighted by atomic mass is 10.1. The molecule has 0 rings (SSSR count). The number of aliphatic hydroxyl groups excluding tert-OH is 1. The van der Waals surface area contributed by atoms with Gasteiger partial charge in [0.1, 0.15) is 0 Å². The van der Waals surface area contributed by atoms with Gasteiger partial charge in [0, 0.05) is 5.75 Å². The molecule has 62 valence electrons. The molecular formula is C7H15IOS. The Morgan fingerprint density at radius 3 is 2.50 bits per heavy atom. The van der Waals surface area contributed by atoms with Gasteiger partial charge in [0.25, 0.3) is 0 Å². The molecule has 0 unspecified atom stereocenters. The van der Waals surface area contributed by atoms with Crippen LogP contribution in [0.3, 0.4) is 0 Å². The van der Waals surface area contributed by atoms with Gasteiger partial charge in [-0.2, -0.15) is 12.6 Å². The molecule has 0 amide bonds. The van der Waals surface area contributed by atoms with Gasteiger partial charge in [-0.1, -0.05) is 42.4 Å². The summed E-state index contributed by atoms with van der Waals surface area (Å²) in [7, 11) is 0. The second kappa shape index (κ2) is 5.66. The van der Waals surface area contributed by atoms with E-state index in [2.05, 4.69) is 42.1 Å². The molecule has 1 nitrogen and oxygen atoms in total. The van der Waals surface area contributed by atoms with Crippen molar-refractivity contribution in [2.45, 2.75) is 29.6 Å². The number of hydrogen-bond acceptors (Lipinski definition) is 2. The van der Waals surface area contributed by atoms with Crippen LogP contribution in [0.15, 0.2) is 0 Å². The van der Waals surface area contributed by atoms with Gasteiger partial charge in [-0.05, 0) is 6.42 Å². The van der Waals surface area contributed by atoms with Crippen molar-refractivity contribution in [1.29, 1.82) is 0 Å². The lowest BCUT2D eigenvalue weighted by molar-refractivity contribution is 0.258. The summed E-state index contributed by atoms with van der Waals surface area (Å²) in [6, 6.07) is 0. The van der Waals surface area contributed by atoms with E-state index in [-0.39, 0.29) is 10.0 Å². The Hall–Kier alpha value is 1.04. The van der Waals surface area contributed by atoms with Gasteiger partial charge in [-0.15, -0.1) is 0 Å². The Morgan fingerprint density at radius 1 is 1.60 bits per heavy atom. The Bertz CT molecular complexity index is 83.7. The quantitative estimate of drug-likeness (QED) is 0.447. The molecule has 0 aromatic rings. The van der Waals surface area contributed by atoms with Crippen LogP contribution in [0.25, 0.3) is 0 Å². The van der Waals surface area contributed by atoms with Crippen LogP contribution in [-0.4, -0.2) is 20.9 Å². The molecule has 0 spiro atoms. The molecule has 1 N–H and O–H groups in total. The summed E-state index contributed by atoms with van der Waals surface area (Å²) >= 11 is 6.49. The third-order valence-corrected chi connectivity index (χ3v) is 4.02. The first-order valence-corrected chi connectivity index (χ1v) is 5.30. The van der Waals surface area contributed by atoms with Gasteiger partial charge in [0.2, 0.25) is 0 Å². The minimum atomic E-state index is 0.0247. The van der Waals surface area contributed by atoms with E-state index in [1.54, 1.807) is 0 Å². The first-order chi connectivity index (χ1) is 4.68. The van der Waals surface area contributed by atoms with Gasteiger partial charge in [-0.3, -0.25) is 0 Å². The summed E-state index contributed by atoms with van der Waals surface area (Å²) in [5.41, 5.74) is 0. The Morgan fingerprint density at radius 2 is 2.20 bits per heavy atom. The minimum absolute atomic E-state index is 0.0247. The lowest BCUT2D eigenvalue weighted by Gasteiger charge is -2.22. The molecule has 3 heteroatoms. The first kappa shape index (κ1) is 11.0. The zero-order valence-electron chi connectivity index (χ0n) is 6.31. The highest BCUT2D eigenvalue weighted by Gasteiger charge is 2.22. The zero-order valence-corrected chi connectivity index (χ0v) is 9.36. The Kier molecular flexibility index (Phi) is 6.25. The highest BCUT2D eigenvalue weighted by Crippen LogP contribution is 2.26. The van der Waals surface area contributed by atoms with Crippen molar-refractivity contribution in [3.8, 4) is 0 Å². The smallest absolute Gasteiger partial charge is 0.0585 e. The van der Waals surface area contributed by atoms with Crippen LogP contribution < -0.4 is 0 Å². The van der Waals surface area contributed by atoms with Crippen LogP contribution in [0.4, 0.5) is 0 Å². The van der Waals surface area contributed by atoms with Gasteiger partial charge in [0.15, 0.2) is 0 Å². The Balaban J connectivity index is 3.58. The average Bonchev–Trinajstić information content (AvgIpc) is 2.00. The van der Waals surface area contributed by atoms with E-state index in [0.717, 1.165) is 12.2 Å². The molecule has 0 bridgehead atoms. The summed E-state index contributed by atoms with van der Waals surface area (Å²) in [5, 5.41) is 8.96. The van der Waals surface area contributed by atoms with Crippen molar-refractivity contribution < 1.29 is 5.11 Å². The van der Waals surface area contributed by atoms with Crippen LogP contribution in [0.2, 0.25) is 0 Å². The fourth-order valence-electron chi connectivity index (χ4n) is 0.702. The van der Waals surface area contributed by atoms with E-state index in [4.69, 9.17) is 5.11 Å². The summed E-state index contributed by atoms with van der Waals surface area (Å²) in [6.45, 7) is 2.41. The molecule has 1 atom stereocenters. The minimum Gasteiger partial charge on any atom is -0.395 e. The van der Waals surface area contributed by atoms with E-state index in [1.807, 2.05) is 0 Å². The molecule has 0 aromatic carbocycles. The molecule has 0 fully saturated rings. The number of rotatable bonds is 5. The zero-order chi connectivity index (χ0) is 8.04. The van der Waals surface area contributed by atoms with Crippen molar-refractivity contribution in [2.24, 2.45) is 0 Å². The number of aliphatic hydroxyl groups is 1. The third kappa shape index (κ3) is 4.03. The van der Waals surface area contributed by atoms with Crippen molar-refractivity contribution in [3.05, 3.63) is 0 Å². The molecule has 0 aromatic heterocycles. The van der Waals surface area contributed by atoms with Crippen LogP contribution in [0, 0.1) is 0 Å². The monoisotopic (exact) mass is 274 g/mol. The van der Waals surface area contributed by atoms with Crippen molar-refractivity contribution in [2.75, 3.05) is 12.4 Å². The number of unbranched alkanes of at least 4 members (excludes halogenated alkanes) is 1. The number of alkyl halides is 1. The topological polar surface area (TPSA) is 20.2 Å². The maximum Gasteiger partial charge on any atom is 0.0585 e. The van der Waals surface area contributed by atoms with Crippen LogP contribution >= 0.6 is 35.2 Å². The van der Waals surface area contributed by atoms with Gasteiger partial charge < -0.3 is 5.11 Å². The maximum atomic E-state index is 8.96. The molecular weight excluding hydrogens is 259 g/mol. The normalized spacial score (nSPS) is 16.8.